The van der Waals surface area contributed by atoms with Gasteiger partial charge >= 0.3 is 0 Å². The van der Waals surface area contributed by atoms with Crippen molar-refractivity contribution in [3.63, 3.8) is 0 Å². The van der Waals surface area contributed by atoms with Gasteiger partial charge in [-0.05, 0) is 61.1 Å². The molecule has 150 valence electrons. The van der Waals surface area contributed by atoms with Crippen LogP contribution in [0.1, 0.15) is 33.3 Å². The van der Waals surface area contributed by atoms with E-state index in [9.17, 15) is 8.42 Å². The summed E-state index contributed by atoms with van der Waals surface area (Å²) in [6.07, 6.45) is 6.45. The molecule has 2 heterocycles. The summed E-state index contributed by atoms with van der Waals surface area (Å²) in [5, 5.41) is 0.764. The van der Waals surface area contributed by atoms with Gasteiger partial charge in [-0.15, -0.1) is 0 Å². The fourth-order valence-electron chi connectivity index (χ4n) is 3.33. The molecule has 6 heteroatoms. The van der Waals surface area contributed by atoms with Crippen molar-refractivity contribution in [1.82, 2.24) is 14.3 Å². The van der Waals surface area contributed by atoms with E-state index in [1.165, 1.54) is 16.5 Å². The van der Waals surface area contributed by atoms with Gasteiger partial charge in [-0.25, -0.2) is 13.1 Å². The van der Waals surface area contributed by atoms with Gasteiger partial charge in [-0.2, -0.15) is 0 Å². The summed E-state index contributed by atoms with van der Waals surface area (Å²) >= 11 is 0. The number of nitrogens with zero attached hydrogens (tertiary/aromatic N) is 2. The first-order valence-electron chi connectivity index (χ1n) is 9.78. The Morgan fingerprint density at radius 2 is 1.75 bits per heavy atom. The molecule has 1 N–H and O–H groups in total. The number of aromatic nitrogens is 2. The third kappa shape index (κ3) is 4.62. The highest BCUT2D eigenvalue weighted by Gasteiger charge is 2.16. The second-order valence-electron chi connectivity index (χ2n) is 7.91. The number of benzene rings is 1. The van der Waals surface area contributed by atoms with Crippen LogP contribution in [-0.2, 0) is 23.0 Å². The molecule has 3 rings (SSSR count). The second-order valence-corrected chi connectivity index (χ2v) is 10.2. The third-order valence-electron chi connectivity index (χ3n) is 4.86. The molecule has 0 aliphatic carbocycles. The lowest BCUT2D eigenvalue weighted by Crippen LogP contribution is -2.32. The molecule has 0 saturated heterocycles. The fourth-order valence-corrected chi connectivity index (χ4v) is 4.05. The zero-order valence-electron chi connectivity index (χ0n) is 17.0. The van der Waals surface area contributed by atoms with Crippen LogP contribution in [0.2, 0.25) is 0 Å². The van der Waals surface area contributed by atoms with Gasteiger partial charge in [0.05, 0.1) is 5.25 Å². The minimum absolute atomic E-state index is 0.410. The van der Waals surface area contributed by atoms with Crippen LogP contribution in [0.3, 0.4) is 0 Å². The summed E-state index contributed by atoms with van der Waals surface area (Å²) in [4.78, 5) is 4.10. The molecule has 0 radical (unpaired) electrons. The predicted octanol–water partition coefficient (Wildman–Crippen LogP) is 4.23. The van der Waals surface area contributed by atoms with Crippen molar-refractivity contribution < 1.29 is 8.42 Å². The zero-order chi connectivity index (χ0) is 20.3. The average Bonchev–Trinajstić information content (AvgIpc) is 2.98. The highest BCUT2D eigenvalue weighted by atomic mass is 32.2. The smallest absolute Gasteiger partial charge is 0.213 e. The van der Waals surface area contributed by atoms with Gasteiger partial charge in [0.1, 0.15) is 0 Å². The monoisotopic (exact) mass is 399 g/mol. The summed E-state index contributed by atoms with van der Waals surface area (Å²) in [7, 11) is -3.24. The largest absolute Gasteiger partial charge is 0.347 e. The molecule has 0 bridgehead atoms. The van der Waals surface area contributed by atoms with Gasteiger partial charge < -0.3 is 4.57 Å². The maximum atomic E-state index is 12.0. The van der Waals surface area contributed by atoms with Crippen LogP contribution in [0.5, 0.6) is 0 Å². The summed E-state index contributed by atoms with van der Waals surface area (Å²) in [6.45, 7) is 9.13. The van der Waals surface area contributed by atoms with Crippen LogP contribution < -0.4 is 4.72 Å². The molecule has 2 aromatic heterocycles. The summed E-state index contributed by atoms with van der Waals surface area (Å²) < 4.78 is 29.0. The maximum Gasteiger partial charge on any atom is 0.213 e. The molecule has 0 saturated carbocycles. The molecule has 0 aliphatic heterocycles. The number of hydrogen-bond acceptors (Lipinski definition) is 3. The van der Waals surface area contributed by atoms with E-state index in [0.717, 1.165) is 17.7 Å². The van der Waals surface area contributed by atoms with Crippen molar-refractivity contribution in [2.24, 2.45) is 5.92 Å². The van der Waals surface area contributed by atoms with Gasteiger partial charge in [-0.1, -0.05) is 26.0 Å². The molecule has 1 aromatic carbocycles. The number of nitrogens with one attached hydrogen (secondary N) is 1. The van der Waals surface area contributed by atoms with Gasteiger partial charge in [-0.3, -0.25) is 4.98 Å². The van der Waals surface area contributed by atoms with E-state index in [4.69, 9.17) is 0 Å². The highest BCUT2D eigenvalue weighted by molar-refractivity contribution is 7.90. The first kappa shape index (κ1) is 20.6. The Hall–Kier alpha value is -2.18. The van der Waals surface area contributed by atoms with Gasteiger partial charge in [0, 0.05) is 42.6 Å². The molecule has 0 aliphatic rings. The molecule has 0 atom stereocenters. The van der Waals surface area contributed by atoms with E-state index in [1.807, 2.05) is 12.1 Å². The lowest BCUT2D eigenvalue weighted by molar-refractivity contribution is 0.534. The van der Waals surface area contributed by atoms with Gasteiger partial charge in [0.15, 0.2) is 0 Å². The quantitative estimate of drug-likeness (QED) is 0.616. The van der Waals surface area contributed by atoms with Crippen LogP contribution >= 0.6 is 0 Å². The molecule has 28 heavy (non-hydrogen) atoms. The summed E-state index contributed by atoms with van der Waals surface area (Å²) in [6, 6.07) is 10.5. The minimum Gasteiger partial charge on any atom is -0.347 e. The van der Waals surface area contributed by atoms with Crippen LogP contribution in [0.25, 0.3) is 22.0 Å². The molecule has 0 spiro atoms. The van der Waals surface area contributed by atoms with Crippen LogP contribution in [0, 0.1) is 5.92 Å². The van der Waals surface area contributed by atoms with E-state index >= 15 is 0 Å². The van der Waals surface area contributed by atoms with Crippen molar-refractivity contribution in [1.29, 1.82) is 0 Å². The molecule has 3 aromatic rings. The lowest BCUT2D eigenvalue weighted by atomic mass is 10.0. The van der Waals surface area contributed by atoms with Crippen molar-refractivity contribution in [2.75, 3.05) is 6.54 Å². The number of pyridine rings is 1. The van der Waals surface area contributed by atoms with Crippen molar-refractivity contribution in [3.05, 3.63) is 54.5 Å². The minimum atomic E-state index is -3.24. The van der Waals surface area contributed by atoms with E-state index in [2.05, 4.69) is 52.5 Å². The Bertz CT molecular complexity index is 1040. The fraction of sp³-hybridized carbons (Fsp3) is 0.409. The predicted molar refractivity (Wildman–Crippen MR) is 116 cm³/mol. The number of fused-ring (bicyclic) bond motifs is 1. The Kier molecular flexibility index (Phi) is 6.20. The maximum absolute atomic E-state index is 12.0. The van der Waals surface area contributed by atoms with E-state index < -0.39 is 15.3 Å². The molecular formula is C22H29N3O2S. The second kappa shape index (κ2) is 8.45. The Morgan fingerprint density at radius 3 is 2.39 bits per heavy atom. The van der Waals surface area contributed by atoms with Crippen LogP contribution in [-0.4, -0.2) is 29.8 Å². The number of sulfonamides is 1. The SMILES string of the molecule is CC(C)Cn1cc(CCNS(=O)(=O)C(C)C)c2ccc(-c3ccncc3)cc21. The topological polar surface area (TPSA) is 64.0 Å². The number of rotatable bonds is 8. The standard InChI is InChI=1S/C22H29N3O2S/c1-16(2)14-25-15-20(9-12-24-28(26,27)17(3)4)21-6-5-19(13-22(21)25)18-7-10-23-11-8-18/h5-8,10-11,13,15-17,24H,9,12,14H2,1-4H3. The van der Waals surface area contributed by atoms with Crippen molar-refractivity contribution >= 4 is 20.9 Å². The third-order valence-corrected chi connectivity index (χ3v) is 6.71. The van der Waals surface area contributed by atoms with Crippen molar-refractivity contribution in [3.8, 4) is 11.1 Å². The molecule has 5 nitrogen and oxygen atoms in total. The zero-order valence-corrected chi connectivity index (χ0v) is 17.8. The van der Waals surface area contributed by atoms with E-state index in [-0.39, 0.29) is 0 Å². The lowest BCUT2D eigenvalue weighted by Gasteiger charge is -2.09. The van der Waals surface area contributed by atoms with Crippen molar-refractivity contribution in [2.45, 2.75) is 45.9 Å². The van der Waals surface area contributed by atoms with Crippen LogP contribution in [0.4, 0.5) is 0 Å². The van der Waals surface area contributed by atoms with Crippen LogP contribution in [0.15, 0.2) is 48.9 Å². The normalized spacial score (nSPS) is 12.4. The van der Waals surface area contributed by atoms with E-state index in [0.29, 0.717) is 18.9 Å². The number of hydrogen-bond donors (Lipinski definition) is 1. The van der Waals surface area contributed by atoms with Gasteiger partial charge in [0.25, 0.3) is 0 Å². The summed E-state index contributed by atoms with van der Waals surface area (Å²) in [5.41, 5.74) is 4.65. The Morgan fingerprint density at radius 1 is 1.04 bits per heavy atom. The Balaban J connectivity index is 1.93. The Labute approximate surface area is 167 Å². The first-order valence-corrected chi connectivity index (χ1v) is 11.3. The summed E-state index contributed by atoms with van der Waals surface area (Å²) in [5.74, 6) is 0.521. The molecule has 0 amide bonds. The molecular weight excluding hydrogens is 370 g/mol. The van der Waals surface area contributed by atoms with E-state index in [1.54, 1.807) is 26.2 Å². The average molecular weight is 400 g/mol. The first-order chi connectivity index (χ1) is 13.3. The highest BCUT2D eigenvalue weighted by Crippen LogP contribution is 2.28. The molecule has 0 fully saturated rings. The molecule has 0 unspecified atom stereocenters. The van der Waals surface area contributed by atoms with Gasteiger partial charge in [0.2, 0.25) is 10.0 Å².